The molecule has 108 valence electrons. The topological polar surface area (TPSA) is 55.1 Å². The normalized spacial score (nSPS) is 10.8. The summed E-state index contributed by atoms with van der Waals surface area (Å²) in [7, 11) is 0. The van der Waals surface area contributed by atoms with Crippen molar-refractivity contribution in [3.63, 3.8) is 0 Å². The number of nitrogen functional groups attached to an aromatic ring is 1. The number of hydrogen-bond donors (Lipinski definition) is 2. The molecule has 0 aliphatic carbocycles. The summed E-state index contributed by atoms with van der Waals surface area (Å²) in [6.07, 6.45) is 2.58. The van der Waals surface area contributed by atoms with Gasteiger partial charge in [-0.15, -0.1) is 0 Å². The van der Waals surface area contributed by atoms with Crippen LogP contribution in [0.5, 0.6) is 0 Å². The van der Waals surface area contributed by atoms with Crippen LogP contribution in [0.25, 0.3) is 6.08 Å². The molecule has 6 heteroatoms. The van der Waals surface area contributed by atoms with Gasteiger partial charge in [0.15, 0.2) is 11.6 Å². The van der Waals surface area contributed by atoms with E-state index in [1.807, 2.05) is 0 Å². The van der Waals surface area contributed by atoms with Gasteiger partial charge in [0.1, 0.15) is 5.82 Å². The maximum absolute atomic E-state index is 13.4. The van der Waals surface area contributed by atoms with Crippen molar-refractivity contribution in [3.8, 4) is 0 Å². The fourth-order valence-corrected chi connectivity index (χ4v) is 1.60. The van der Waals surface area contributed by atoms with Gasteiger partial charge in [-0.2, -0.15) is 0 Å². The largest absolute Gasteiger partial charge is 0.399 e. The van der Waals surface area contributed by atoms with Gasteiger partial charge in [0.25, 0.3) is 0 Å². The van der Waals surface area contributed by atoms with Gasteiger partial charge in [-0.05, 0) is 23.8 Å². The fraction of sp³-hybridized carbons (Fsp3) is 0. The van der Waals surface area contributed by atoms with E-state index in [9.17, 15) is 18.0 Å². The zero-order valence-corrected chi connectivity index (χ0v) is 10.7. The molecule has 2 rings (SSSR count). The second kappa shape index (κ2) is 6.13. The molecule has 0 saturated carbocycles. The minimum atomic E-state index is -1.37. The van der Waals surface area contributed by atoms with Crippen molar-refractivity contribution < 1.29 is 18.0 Å². The molecular weight excluding hydrogens is 281 g/mol. The highest BCUT2D eigenvalue weighted by molar-refractivity contribution is 6.02. The predicted molar refractivity (Wildman–Crippen MR) is 74.8 cm³/mol. The first-order valence-electron chi connectivity index (χ1n) is 5.95. The number of nitrogens with one attached hydrogen (secondary N) is 1. The maximum atomic E-state index is 13.4. The average molecular weight is 292 g/mol. The van der Waals surface area contributed by atoms with Gasteiger partial charge in [-0.1, -0.05) is 12.1 Å². The van der Waals surface area contributed by atoms with Gasteiger partial charge in [-0.25, -0.2) is 13.2 Å². The number of benzene rings is 2. The van der Waals surface area contributed by atoms with E-state index in [4.69, 9.17) is 5.73 Å². The van der Waals surface area contributed by atoms with Gasteiger partial charge in [0.05, 0.1) is 5.69 Å². The third-order valence-corrected chi connectivity index (χ3v) is 2.61. The molecule has 2 aromatic carbocycles. The van der Waals surface area contributed by atoms with Crippen LogP contribution in [-0.2, 0) is 4.79 Å². The monoisotopic (exact) mass is 292 g/mol. The first-order valence-corrected chi connectivity index (χ1v) is 5.95. The van der Waals surface area contributed by atoms with Crippen LogP contribution in [-0.4, -0.2) is 5.91 Å². The smallest absolute Gasteiger partial charge is 0.248 e. The van der Waals surface area contributed by atoms with Crippen LogP contribution in [0.15, 0.2) is 42.5 Å². The molecule has 0 saturated heterocycles. The molecule has 0 radical (unpaired) electrons. The number of carbonyl (C=O) groups excluding carboxylic acids is 1. The van der Waals surface area contributed by atoms with E-state index in [0.717, 1.165) is 6.08 Å². The number of rotatable bonds is 3. The van der Waals surface area contributed by atoms with E-state index in [0.29, 0.717) is 23.4 Å². The van der Waals surface area contributed by atoms with Crippen LogP contribution < -0.4 is 11.1 Å². The first-order chi connectivity index (χ1) is 9.95. The summed E-state index contributed by atoms with van der Waals surface area (Å²) in [5.41, 5.74) is 6.23. The van der Waals surface area contributed by atoms with Crippen molar-refractivity contribution >= 4 is 23.4 Å². The second-order valence-corrected chi connectivity index (χ2v) is 4.24. The molecular formula is C15H11F3N2O. The van der Waals surface area contributed by atoms with Crippen molar-refractivity contribution in [2.75, 3.05) is 11.1 Å². The summed E-state index contributed by atoms with van der Waals surface area (Å²) in [5.74, 6) is -4.37. The highest BCUT2D eigenvalue weighted by Gasteiger charge is 2.12. The number of halogens is 3. The van der Waals surface area contributed by atoms with Gasteiger partial charge >= 0.3 is 0 Å². The highest BCUT2D eigenvalue weighted by Crippen LogP contribution is 2.19. The number of carbonyl (C=O) groups is 1. The lowest BCUT2D eigenvalue weighted by Gasteiger charge is -2.04. The number of nitrogens with two attached hydrogens (primary N) is 1. The molecule has 3 N–H and O–H groups in total. The molecule has 0 aliphatic rings. The van der Waals surface area contributed by atoms with E-state index in [1.165, 1.54) is 6.08 Å². The Kier molecular flexibility index (Phi) is 4.27. The summed E-state index contributed by atoms with van der Waals surface area (Å²) in [4.78, 5) is 11.6. The Morgan fingerprint density at radius 2 is 1.76 bits per heavy atom. The zero-order valence-electron chi connectivity index (χ0n) is 10.7. The van der Waals surface area contributed by atoms with E-state index < -0.39 is 29.0 Å². The van der Waals surface area contributed by atoms with Crippen LogP contribution in [0.3, 0.4) is 0 Å². The standard InChI is InChI=1S/C15H11F3N2O/c16-10-7-12(17)15(18)13(8-10)20-14(21)6-3-9-1-4-11(19)5-2-9/h1-8H,19H2,(H,20,21)/b6-3+. The molecule has 0 atom stereocenters. The Bertz CT molecular complexity index is 697. The Morgan fingerprint density at radius 3 is 2.43 bits per heavy atom. The number of hydrogen-bond acceptors (Lipinski definition) is 2. The van der Waals surface area contributed by atoms with Crippen molar-refractivity contribution in [3.05, 3.63) is 65.5 Å². The fourth-order valence-electron chi connectivity index (χ4n) is 1.60. The van der Waals surface area contributed by atoms with Crippen LogP contribution in [0, 0.1) is 17.5 Å². The summed E-state index contributed by atoms with van der Waals surface area (Å²) >= 11 is 0. The van der Waals surface area contributed by atoms with E-state index in [1.54, 1.807) is 24.3 Å². The Labute approximate surface area is 118 Å². The summed E-state index contributed by atoms with van der Waals surface area (Å²) in [5, 5.41) is 2.07. The Hall–Kier alpha value is -2.76. The molecule has 1 amide bonds. The van der Waals surface area contributed by atoms with Gasteiger partial charge in [0, 0.05) is 23.9 Å². The van der Waals surface area contributed by atoms with Crippen molar-refractivity contribution in [1.29, 1.82) is 0 Å². The molecule has 0 bridgehead atoms. The third kappa shape index (κ3) is 3.85. The lowest BCUT2D eigenvalue weighted by atomic mass is 10.2. The molecule has 21 heavy (non-hydrogen) atoms. The molecule has 0 unspecified atom stereocenters. The molecule has 0 spiro atoms. The molecule has 0 aliphatic heterocycles. The Balaban J connectivity index is 2.10. The number of anilines is 2. The van der Waals surface area contributed by atoms with E-state index in [-0.39, 0.29) is 0 Å². The SMILES string of the molecule is Nc1ccc(/C=C/C(=O)Nc2cc(F)cc(F)c2F)cc1. The second-order valence-electron chi connectivity index (χ2n) is 4.24. The van der Waals surface area contributed by atoms with Gasteiger partial charge in [0.2, 0.25) is 5.91 Å². The lowest BCUT2D eigenvalue weighted by molar-refractivity contribution is -0.111. The summed E-state index contributed by atoms with van der Waals surface area (Å²) < 4.78 is 39.3. The molecule has 3 nitrogen and oxygen atoms in total. The summed E-state index contributed by atoms with van der Waals surface area (Å²) in [6, 6.07) is 7.77. The van der Waals surface area contributed by atoms with Gasteiger partial charge in [-0.3, -0.25) is 4.79 Å². The third-order valence-electron chi connectivity index (χ3n) is 2.61. The first kappa shape index (κ1) is 14.6. The van der Waals surface area contributed by atoms with E-state index in [2.05, 4.69) is 5.32 Å². The minimum absolute atomic E-state index is 0.398. The number of amides is 1. The van der Waals surface area contributed by atoms with E-state index >= 15 is 0 Å². The predicted octanol–water partition coefficient (Wildman–Crippen LogP) is 3.34. The Morgan fingerprint density at radius 1 is 1.10 bits per heavy atom. The van der Waals surface area contributed by atoms with Crippen LogP contribution in [0.1, 0.15) is 5.56 Å². The van der Waals surface area contributed by atoms with Gasteiger partial charge < -0.3 is 11.1 Å². The van der Waals surface area contributed by atoms with Crippen LogP contribution in [0.4, 0.5) is 24.5 Å². The molecule has 0 fully saturated rings. The molecule has 2 aromatic rings. The van der Waals surface area contributed by atoms with Crippen molar-refractivity contribution in [2.45, 2.75) is 0 Å². The van der Waals surface area contributed by atoms with Crippen molar-refractivity contribution in [1.82, 2.24) is 0 Å². The summed E-state index contributed by atoms with van der Waals surface area (Å²) in [6.45, 7) is 0. The molecule has 0 aromatic heterocycles. The minimum Gasteiger partial charge on any atom is -0.399 e. The van der Waals surface area contributed by atoms with Crippen molar-refractivity contribution in [2.24, 2.45) is 0 Å². The highest BCUT2D eigenvalue weighted by atomic mass is 19.2. The van der Waals surface area contributed by atoms with Crippen LogP contribution in [0.2, 0.25) is 0 Å². The van der Waals surface area contributed by atoms with Crippen LogP contribution >= 0.6 is 0 Å². The lowest BCUT2D eigenvalue weighted by Crippen LogP contribution is -2.10. The zero-order chi connectivity index (χ0) is 15.4. The quantitative estimate of drug-likeness (QED) is 0.518. The molecule has 0 heterocycles. The maximum Gasteiger partial charge on any atom is 0.248 e. The average Bonchev–Trinajstić information content (AvgIpc) is 2.43.